The highest BCUT2D eigenvalue weighted by Crippen LogP contribution is 2.52. The Kier molecular flexibility index (Phi) is 10.9. The van der Waals surface area contributed by atoms with Crippen LogP contribution in [0.25, 0.3) is 0 Å². The number of aliphatic hydroxyl groups excluding tert-OH is 1. The highest BCUT2D eigenvalue weighted by Gasteiger charge is 2.50. The first kappa shape index (κ1) is 35.9. The quantitative estimate of drug-likeness (QED) is 0.0603. The molecule has 0 aromatic heterocycles. The number of nitrogens with two attached hydrogens (primary N) is 1. The van der Waals surface area contributed by atoms with Crippen molar-refractivity contribution in [3.63, 3.8) is 0 Å². The summed E-state index contributed by atoms with van der Waals surface area (Å²) in [6.07, 6.45) is -3.64. The maximum Gasteiger partial charge on any atom is 0.307 e. The van der Waals surface area contributed by atoms with Gasteiger partial charge in [-0.15, -0.1) is 6.58 Å². The van der Waals surface area contributed by atoms with E-state index in [4.69, 9.17) is 24.7 Å². The summed E-state index contributed by atoms with van der Waals surface area (Å²) >= 11 is 0. The summed E-state index contributed by atoms with van der Waals surface area (Å²) in [5.41, 5.74) is 2.28. The van der Waals surface area contributed by atoms with Crippen molar-refractivity contribution in [2.75, 3.05) is 25.2 Å². The van der Waals surface area contributed by atoms with Gasteiger partial charge in [-0.05, 0) is 13.0 Å². The molecule has 5 rings (SSSR count). The standard InChI is InChI=1S/C33H37NO12S2/c1-4-9-47-48-10-8-22(36)44-14-21(35)33(42)12-17-25(20(13-33)46-23-11-18(34)28(37)15(2)45-23)32(41)27-26(30(17)39)29(38)16-6-5-7-19(43-3)24(16)31(27)40/h4-7,15,18,20,23,28,37,39,41-42H,1,8-14,34H2,2-3H3/t15-,18-,20-,23-,28+,33-/m0/s1. The molecule has 2 aromatic rings. The second-order valence-corrected chi connectivity index (χ2v) is 14.4. The van der Waals surface area contributed by atoms with E-state index in [0.717, 1.165) is 0 Å². The van der Waals surface area contributed by atoms with E-state index in [0.29, 0.717) is 11.5 Å². The Morgan fingerprint density at radius 2 is 1.88 bits per heavy atom. The first-order valence-electron chi connectivity index (χ1n) is 15.2. The molecule has 0 saturated carbocycles. The molecule has 15 heteroatoms. The van der Waals surface area contributed by atoms with Crippen molar-refractivity contribution in [1.82, 2.24) is 0 Å². The highest BCUT2D eigenvalue weighted by atomic mass is 33.1. The summed E-state index contributed by atoms with van der Waals surface area (Å²) in [5, 5.41) is 45.4. The predicted octanol–water partition coefficient (Wildman–Crippen LogP) is 2.51. The van der Waals surface area contributed by atoms with Gasteiger partial charge in [0.1, 0.15) is 22.8 Å². The molecule has 1 saturated heterocycles. The Hall–Kier alpha value is -3.44. The first-order chi connectivity index (χ1) is 22.8. The third-order valence-corrected chi connectivity index (χ3v) is 11.0. The lowest BCUT2D eigenvalue weighted by Gasteiger charge is -2.42. The van der Waals surface area contributed by atoms with Crippen molar-refractivity contribution in [3.05, 3.63) is 64.2 Å². The Labute approximate surface area is 284 Å². The van der Waals surface area contributed by atoms with E-state index in [2.05, 4.69) is 6.58 Å². The zero-order valence-corrected chi connectivity index (χ0v) is 27.9. The third-order valence-electron chi connectivity index (χ3n) is 8.68. The Morgan fingerprint density at radius 3 is 2.56 bits per heavy atom. The second kappa shape index (κ2) is 14.6. The van der Waals surface area contributed by atoms with E-state index in [1.807, 2.05) is 0 Å². The van der Waals surface area contributed by atoms with E-state index < -0.39 is 102 Å². The Bertz CT molecular complexity index is 1630. The molecule has 13 nitrogen and oxygen atoms in total. The van der Waals surface area contributed by atoms with Crippen LogP contribution >= 0.6 is 21.6 Å². The van der Waals surface area contributed by atoms with Crippen LogP contribution in [-0.2, 0) is 30.2 Å². The number of aromatic hydroxyl groups is 2. The van der Waals surface area contributed by atoms with Gasteiger partial charge in [0.15, 0.2) is 18.7 Å². The number of Topliss-reactive ketones (excluding diaryl/α,β-unsaturated/α-hetero) is 1. The SMILES string of the molecule is C=CCSSCCC(=O)OCC(=O)[C@]1(O)Cc2c(O)c3c(c(O)c2[C@@H](O[C@H]2C[C@H](N)[C@H](O)[C@H](C)O2)C1)C(=O)c1c(OC)cccc1C3=O. The van der Waals surface area contributed by atoms with Gasteiger partial charge in [0.25, 0.3) is 0 Å². The van der Waals surface area contributed by atoms with E-state index in [1.54, 1.807) is 13.0 Å². The molecule has 0 radical (unpaired) electrons. The van der Waals surface area contributed by atoms with Crippen LogP contribution in [0.5, 0.6) is 17.2 Å². The molecule has 0 amide bonds. The zero-order chi connectivity index (χ0) is 34.9. The Morgan fingerprint density at radius 1 is 1.15 bits per heavy atom. The van der Waals surface area contributed by atoms with Gasteiger partial charge < -0.3 is 45.1 Å². The molecule has 3 aliphatic rings. The summed E-state index contributed by atoms with van der Waals surface area (Å²) in [6.45, 7) is 4.41. The minimum atomic E-state index is -2.31. The van der Waals surface area contributed by atoms with Crippen LogP contribution in [-0.4, -0.2) is 99.1 Å². The van der Waals surface area contributed by atoms with Gasteiger partial charge >= 0.3 is 5.97 Å². The molecule has 1 heterocycles. The lowest BCUT2D eigenvalue weighted by atomic mass is 9.72. The average molecular weight is 704 g/mol. The number of phenols is 2. The maximum atomic E-state index is 13.9. The first-order valence-corrected chi connectivity index (χ1v) is 17.7. The van der Waals surface area contributed by atoms with Gasteiger partial charge in [0.2, 0.25) is 11.6 Å². The molecule has 2 aromatic carbocycles. The highest BCUT2D eigenvalue weighted by molar-refractivity contribution is 8.76. The fourth-order valence-corrected chi connectivity index (χ4v) is 7.98. The third kappa shape index (κ3) is 6.72. The van der Waals surface area contributed by atoms with E-state index in [9.17, 15) is 39.6 Å². The lowest BCUT2D eigenvalue weighted by molar-refractivity contribution is -0.247. The summed E-state index contributed by atoms with van der Waals surface area (Å²) in [6, 6.07) is 3.60. The molecular formula is C33H37NO12S2. The number of benzene rings is 2. The van der Waals surface area contributed by atoms with Crippen LogP contribution in [0.15, 0.2) is 30.9 Å². The van der Waals surface area contributed by atoms with Crippen LogP contribution < -0.4 is 10.5 Å². The van der Waals surface area contributed by atoms with Crippen molar-refractivity contribution in [3.8, 4) is 17.2 Å². The lowest BCUT2D eigenvalue weighted by Crippen LogP contribution is -2.53. The molecule has 1 fully saturated rings. The number of aliphatic hydroxyl groups is 2. The number of hydrogen-bond donors (Lipinski definition) is 5. The van der Waals surface area contributed by atoms with Gasteiger partial charge in [0, 0.05) is 53.5 Å². The van der Waals surface area contributed by atoms with Crippen LogP contribution in [0.4, 0.5) is 0 Å². The summed E-state index contributed by atoms with van der Waals surface area (Å²) < 4.78 is 22.4. The average Bonchev–Trinajstić information content (AvgIpc) is 3.05. The van der Waals surface area contributed by atoms with Crippen LogP contribution in [0, 0.1) is 0 Å². The van der Waals surface area contributed by atoms with Gasteiger partial charge in [-0.25, -0.2) is 0 Å². The van der Waals surface area contributed by atoms with Crippen molar-refractivity contribution >= 4 is 44.9 Å². The van der Waals surface area contributed by atoms with Gasteiger partial charge in [-0.3, -0.25) is 19.2 Å². The van der Waals surface area contributed by atoms with E-state index in [1.165, 1.54) is 46.9 Å². The number of carbonyl (C=O) groups is 4. The molecule has 0 spiro atoms. The van der Waals surface area contributed by atoms with Gasteiger partial charge in [-0.1, -0.05) is 39.8 Å². The van der Waals surface area contributed by atoms with Gasteiger partial charge in [-0.2, -0.15) is 0 Å². The van der Waals surface area contributed by atoms with Crippen molar-refractivity contribution < 1.29 is 58.6 Å². The molecule has 258 valence electrons. The maximum absolute atomic E-state index is 13.9. The smallest absolute Gasteiger partial charge is 0.307 e. The number of methoxy groups -OCH3 is 1. The molecule has 6 N–H and O–H groups in total. The van der Waals surface area contributed by atoms with Crippen LogP contribution in [0.2, 0.25) is 0 Å². The minimum Gasteiger partial charge on any atom is -0.507 e. The fourth-order valence-electron chi connectivity index (χ4n) is 6.24. The zero-order valence-electron chi connectivity index (χ0n) is 26.3. The largest absolute Gasteiger partial charge is 0.507 e. The van der Waals surface area contributed by atoms with Crippen LogP contribution in [0.3, 0.4) is 0 Å². The monoisotopic (exact) mass is 703 g/mol. The van der Waals surface area contributed by atoms with Crippen molar-refractivity contribution in [1.29, 1.82) is 0 Å². The summed E-state index contributed by atoms with van der Waals surface area (Å²) in [4.78, 5) is 53.4. The number of esters is 1. The number of hydrogen-bond acceptors (Lipinski definition) is 15. The number of carbonyl (C=O) groups excluding carboxylic acids is 4. The van der Waals surface area contributed by atoms with Crippen molar-refractivity contribution in [2.24, 2.45) is 5.73 Å². The molecule has 0 bridgehead atoms. The molecular weight excluding hydrogens is 666 g/mol. The normalized spacial score (nSPS) is 26.2. The van der Waals surface area contributed by atoms with Crippen molar-refractivity contribution in [2.45, 2.75) is 68.9 Å². The minimum absolute atomic E-state index is 0.00982. The summed E-state index contributed by atoms with van der Waals surface area (Å²) in [5.74, 6) is -3.34. The molecule has 0 unspecified atom stereocenters. The van der Waals surface area contributed by atoms with E-state index in [-0.39, 0.29) is 40.8 Å². The molecule has 1 aliphatic heterocycles. The van der Waals surface area contributed by atoms with E-state index >= 15 is 0 Å². The fraction of sp³-hybridized carbons (Fsp3) is 0.455. The van der Waals surface area contributed by atoms with Crippen LogP contribution in [0.1, 0.15) is 75.3 Å². The summed E-state index contributed by atoms with van der Waals surface area (Å²) in [7, 11) is 4.26. The predicted molar refractivity (Wildman–Crippen MR) is 175 cm³/mol. The number of ketones is 3. The second-order valence-electron chi connectivity index (χ2n) is 11.8. The topological polar surface area (TPSA) is 212 Å². The number of ether oxygens (including phenoxy) is 4. The number of phenolic OH excluding ortho intramolecular Hbond substituents is 2. The molecule has 2 aliphatic carbocycles. The van der Waals surface area contributed by atoms with Gasteiger partial charge in [0.05, 0.1) is 48.5 Å². The number of rotatable bonds is 12. The molecule has 6 atom stereocenters. The molecule has 48 heavy (non-hydrogen) atoms. The number of fused-ring (bicyclic) bond motifs is 3. The Balaban J connectivity index is 1.51.